The topological polar surface area (TPSA) is 47.6 Å². The number of amides is 2. The van der Waals surface area contributed by atoms with Crippen molar-refractivity contribution in [3.63, 3.8) is 0 Å². The number of likely N-dealkylation sites (N-methyl/N-ethyl adjacent to an activating group) is 1. The molecule has 0 aromatic rings. The van der Waals surface area contributed by atoms with Crippen LogP contribution in [0, 0.1) is 5.41 Å². The zero-order chi connectivity index (χ0) is 12.9. The van der Waals surface area contributed by atoms with Gasteiger partial charge in [-0.05, 0) is 25.4 Å². The van der Waals surface area contributed by atoms with Crippen LogP contribution in [0.25, 0.3) is 0 Å². The van der Waals surface area contributed by atoms with Crippen molar-refractivity contribution in [2.45, 2.75) is 13.3 Å². The van der Waals surface area contributed by atoms with Gasteiger partial charge in [-0.15, -0.1) is 12.4 Å². The molecule has 0 aromatic carbocycles. The van der Waals surface area contributed by atoms with Crippen LogP contribution in [0.1, 0.15) is 13.3 Å². The Morgan fingerprint density at radius 2 is 2.06 bits per heavy atom. The molecule has 0 aliphatic carbocycles. The smallest absolute Gasteiger partial charge is 0.316 e. The quantitative estimate of drug-likeness (QED) is 0.775. The summed E-state index contributed by atoms with van der Waals surface area (Å²) in [6, 6.07) is -0.0212. The Morgan fingerprint density at radius 1 is 1.39 bits per heavy atom. The molecule has 1 aliphatic heterocycles. The lowest BCUT2D eigenvalue weighted by Crippen LogP contribution is -2.41. The van der Waals surface area contributed by atoms with Crippen molar-refractivity contribution in [2.24, 2.45) is 5.41 Å². The molecule has 2 N–H and O–H groups in total. The largest absolute Gasteiger partial charge is 0.337 e. The Morgan fingerprint density at radius 3 is 2.56 bits per heavy atom. The molecule has 1 heterocycles. The Hall–Kier alpha value is -0.520. The van der Waals surface area contributed by atoms with E-state index in [2.05, 4.69) is 29.5 Å². The molecule has 18 heavy (non-hydrogen) atoms. The summed E-state index contributed by atoms with van der Waals surface area (Å²) >= 11 is 0. The van der Waals surface area contributed by atoms with Crippen molar-refractivity contribution in [1.29, 1.82) is 0 Å². The molecule has 5 nitrogen and oxygen atoms in total. The molecule has 2 amide bonds. The van der Waals surface area contributed by atoms with Gasteiger partial charge in [0.15, 0.2) is 0 Å². The first kappa shape index (κ1) is 17.5. The third-order valence-electron chi connectivity index (χ3n) is 3.28. The molecule has 0 saturated carbocycles. The van der Waals surface area contributed by atoms with E-state index in [1.807, 2.05) is 0 Å². The highest BCUT2D eigenvalue weighted by Crippen LogP contribution is 2.24. The van der Waals surface area contributed by atoms with Gasteiger partial charge < -0.3 is 20.4 Å². The van der Waals surface area contributed by atoms with Gasteiger partial charge in [0, 0.05) is 40.3 Å². The van der Waals surface area contributed by atoms with E-state index in [4.69, 9.17) is 0 Å². The van der Waals surface area contributed by atoms with E-state index in [1.54, 1.807) is 19.0 Å². The van der Waals surface area contributed by atoms with Crippen LogP contribution in [0.4, 0.5) is 4.79 Å². The number of hydrogen-bond acceptors (Lipinski definition) is 3. The molecule has 0 spiro atoms. The number of halogens is 1. The van der Waals surface area contributed by atoms with E-state index in [1.165, 1.54) is 6.42 Å². The van der Waals surface area contributed by atoms with Crippen molar-refractivity contribution in [3.05, 3.63) is 0 Å². The SMILES string of the molecule is CN(CCNC(=O)N(C)C)CC1(C)CCNC1.Cl. The number of nitrogens with one attached hydrogen (secondary N) is 2. The lowest BCUT2D eigenvalue weighted by atomic mass is 9.89. The van der Waals surface area contributed by atoms with Crippen molar-refractivity contribution in [2.75, 3.05) is 53.9 Å². The lowest BCUT2D eigenvalue weighted by molar-refractivity contribution is 0.200. The number of rotatable bonds is 5. The maximum absolute atomic E-state index is 11.3. The van der Waals surface area contributed by atoms with Gasteiger partial charge in [0.05, 0.1) is 0 Å². The predicted molar refractivity (Wildman–Crippen MR) is 77.4 cm³/mol. The molecule has 1 fully saturated rings. The van der Waals surface area contributed by atoms with E-state index in [0.29, 0.717) is 12.0 Å². The lowest BCUT2D eigenvalue weighted by Gasteiger charge is -2.29. The second kappa shape index (κ2) is 7.81. The normalized spacial score (nSPS) is 22.7. The minimum Gasteiger partial charge on any atom is -0.337 e. The van der Waals surface area contributed by atoms with Crippen LogP contribution in [0.15, 0.2) is 0 Å². The maximum Gasteiger partial charge on any atom is 0.316 e. The minimum atomic E-state index is -0.0212. The van der Waals surface area contributed by atoms with Crippen molar-refractivity contribution >= 4 is 18.4 Å². The Balaban J connectivity index is 0.00000289. The second-order valence-electron chi connectivity index (χ2n) is 5.60. The van der Waals surface area contributed by atoms with Crippen molar-refractivity contribution < 1.29 is 4.79 Å². The number of carbonyl (C=O) groups excluding carboxylic acids is 1. The van der Waals surface area contributed by atoms with Crippen LogP contribution in [0.5, 0.6) is 0 Å². The van der Waals surface area contributed by atoms with Crippen LogP contribution in [-0.2, 0) is 0 Å². The van der Waals surface area contributed by atoms with E-state index in [0.717, 1.165) is 26.2 Å². The van der Waals surface area contributed by atoms with Gasteiger partial charge in [-0.25, -0.2) is 4.79 Å². The summed E-state index contributed by atoms with van der Waals surface area (Å²) in [5.74, 6) is 0. The summed E-state index contributed by atoms with van der Waals surface area (Å²) in [7, 11) is 5.62. The van der Waals surface area contributed by atoms with Gasteiger partial charge in [0.2, 0.25) is 0 Å². The summed E-state index contributed by atoms with van der Waals surface area (Å²) in [6.07, 6.45) is 1.24. The van der Waals surface area contributed by atoms with Gasteiger partial charge >= 0.3 is 6.03 Å². The molecular formula is C12H27ClN4O. The Kier molecular flexibility index (Phi) is 7.59. The molecule has 0 bridgehead atoms. The first-order valence-electron chi connectivity index (χ1n) is 6.27. The van der Waals surface area contributed by atoms with Gasteiger partial charge in [0.25, 0.3) is 0 Å². The van der Waals surface area contributed by atoms with Gasteiger partial charge in [-0.3, -0.25) is 0 Å². The van der Waals surface area contributed by atoms with Gasteiger partial charge in [-0.2, -0.15) is 0 Å². The standard InChI is InChI=1S/C12H26N4O.ClH/c1-12(5-6-13-9-12)10-16(4)8-7-14-11(17)15(2)3;/h13H,5-10H2,1-4H3,(H,14,17);1H. The summed E-state index contributed by atoms with van der Waals surface area (Å²) in [5.41, 5.74) is 0.389. The summed E-state index contributed by atoms with van der Waals surface area (Å²) in [6.45, 7) is 7.23. The molecule has 6 heteroatoms. The summed E-state index contributed by atoms with van der Waals surface area (Å²) in [5, 5.41) is 6.28. The third kappa shape index (κ3) is 5.89. The fourth-order valence-corrected chi connectivity index (χ4v) is 2.25. The van der Waals surface area contributed by atoms with Gasteiger partial charge in [0.1, 0.15) is 0 Å². The molecular weight excluding hydrogens is 252 g/mol. The average Bonchev–Trinajstić information content (AvgIpc) is 2.64. The minimum absolute atomic E-state index is 0. The highest BCUT2D eigenvalue weighted by molar-refractivity contribution is 5.85. The number of urea groups is 1. The molecule has 1 rings (SSSR count). The first-order chi connectivity index (χ1) is 7.93. The number of nitrogens with zero attached hydrogens (tertiary/aromatic N) is 2. The molecule has 1 aliphatic rings. The van der Waals surface area contributed by atoms with Crippen LogP contribution >= 0.6 is 12.4 Å². The van der Waals surface area contributed by atoms with E-state index >= 15 is 0 Å². The molecule has 1 unspecified atom stereocenters. The predicted octanol–water partition coefficient (Wildman–Crippen LogP) is 0.611. The fourth-order valence-electron chi connectivity index (χ4n) is 2.25. The van der Waals surface area contributed by atoms with Crippen LogP contribution < -0.4 is 10.6 Å². The van der Waals surface area contributed by atoms with E-state index < -0.39 is 0 Å². The Labute approximate surface area is 117 Å². The Bertz CT molecular complexity index is 254. The zero-order valence-corrected chi connectivity index (χ0v) is 12.8. The highest BCUT2D eigenvalue weighted by Gasteiger charge is 2.29. The van der Waals surface area contributed by atoms with Crippen LogP contribution in [0.3, 0.4) is 0 Å². The monoisotopic (exact) mass is 278 g/mol. The van der Waals surface area contributed by atoms with E-state index in [9.17, 15) is 4.79 Å². The first-order valence-corrected chi connectivity index (χ1v) is 6.27. The highest BCUT2D eigenvalue weighted by atomic mass is 35.5. The van der Waals surface area contributed by atoms with E-state index in [-0.39, 0.29) is 18.4 Å². The average molecular weight is 279 g/mol. The third-order valence-corrected chi connectivity index (χ3v) is 3.28. The molecule has 108 valence electrons. The maximum atomic E-state index is 11.3. The molecule has 0 aromatic heterocycles. The zero-order valence-electron chi connectivity index (χ0n) is 12.0. The van der Waals surface area contributed by atoms with Crippen LogP contribution in [0.2, 0.25) is 0 Å². The number of carbonyl (C=O) groups is 1. The second-order valence-corrected chi connectivity index (χ2v) is 5.60. The fraction of sp³-hybridized carbons (Fsp3) is 0.917. The summed E-state index contributed by atoms with van der Waals surface area (Å²) in [4.78, 5) is 15.2. The van der Waals surface area contributed by atoms with Crippen molar-refractivity contribution in [3.8, 4) is 0 Å². The number of hydrogen-bond donors (Lipinski definition) is 2. The molecule has 1 atom stereocenters. The molecule has 0 radical (unpaired) electrons. The molecule has 1 saturated heterocycles. The van der Waals surface area contributed by atoms with Crippen LogP contribution in [-0.4, -0.2) is 69.7 Å². The van der Waals surface area contributed by atoms with Crippen molar-refractivity contribution in [1.82, 2.24) is 20.4 Å². The van der Waals surface area contributed by atoms with Gasteiger partial charge in [-0.1, -0.05) is 6.92 Å². The summed E-state index contributed by atoms with van der Waals surface area (Å²) < 4.78 is 0.